The van der Waals surface area contributed by atoms with Crippen molar-refractivity contribution < 1.29 is 16.8 Å². The second kappa shape index (κ2) is 5.92. The van der Waals surface area contributed by atoms with E-state index in [1.807, 2.05) is 32.0 Å². The van der Waals surface area contributed by atoms with Crippen molar-refractivity contribution in [1.82, 2.24) is 9.03 Å². The third-order valence-corrected chi connectivity index (χ3v) is 6.69. The van der Waals surface area contributed by atoms with Crippen LogP contribution in [-0.4, -0.2) is 46.5 Å². The van der Waals surface area contributed by atoms with E-state index in [1.165, 1.54) is 4.31 Å². The Bertz CT molecular complexity index is 746. The summed E-state index contributed by atoms with van der Waals surface area (Å²) >= 11 is 0. The molecule has 0 bridgehead atoms. The molecule has 0 amide bonds. The van der Waals surface area contributed by atoms with Gasteiger partial charge in [0.2, 0.25) is 20.0 Å². The minimum atomic E-state index is -3.48. The molecule has 1 N–H and O–H groups in total. The van der Waals surface area contributed by atoms with Gasteiger partial charge in [-0.05, 0) is 26.3 Å². The molecule has 0 aromatic heterocycles. The van der Waals surface area contributed by atoms with Crippen LogP contribution in [0.4, 0.5) is 0 Å². The highest BCUT2D eigenvalue weighted by Crippen LogP contribution is 2.29. The van der Waals surface area contributed by atoms with Gasteiger partial charge in [0.05, 0.1) is 11.5 Å². The summed E-state index contributed by atoms with van der Waals surface area (Å²) in [6, 6.07) is 5.41. The fourth-order valence-electron chi connectivity index (χ4n) is 2.66. The lowest BCUT2D eigenvalue weighted by Gasteiger charge is -2.39. The highest BCUT2D eigenvalue weighted by atomic mass is 32.2. The first-order valence-corrected chi connectivity index (χ1v) is 10.4. The first kappa shape index (κ1) is 17.4. The summed E-state index contributed by atoms with van der Waals surface area (Å²) in [6.45, 7) is 5.91. The Kier molecular flexibility index (Phi) is 4.68. The lowest BCUT2D eigenvalue weighted by molar-refractivity contribution is 0.248. The minimum Gasteiger partial charge on any atom is -0.213 e. The molecule has 1 atom stereocenters. The predicted molar refractivity (Wildman–Crippen MR) is 86.6 cm³/mol. The van der Waals surface area contributed by atoms with Crippen LogP contribution >= 0.6 is 0 Å². The van der Waals surface area contributed by atoms with Gasteiger partial charge in [-0.3, -0.25) is 0 Å². The first-order valence-electron chi connectivity index (χ1n) is 7.03. The summed E-state index contributed by atoms with van der Waals surface area (Å²) in [7, 11) is -6.79. The maximum absolute atomic E-state index is 12.6. The van der Waals surface area contributed by atoms with Gasteiger partial charge in [0, 0.05) is 19.1 Å². The number of aryl methyl sites for hydroxylation is 2. The fourth-order valence-corrected chi connectivity index (χ4v) is 5.12. The summed E-state index contributed by atoms with van der Waals surface area (Å²) in [5.74, 6) is 0. The molecule has 1 unspecified atom stereocenters. The molecule has 0 spiro atoms. The van der Waals surface area contributed by atoms with Gasteiger partial charge < -0.3 is 0 Å². The van der Waals surface area contributed by atoms with Gasteiger partial charge in [0.1, 0.15) is 0 Å². The van der Waals surface area contributed by atoms with Crippen molar-refractivity contribution in [3.05, 3.63) is 34.9 Å². The Morgan fingerprint density at radius 3 is 2.05 bits per heavy atom. The Morgan fingerprint density at radius 1 is 1.09 bits per heavy atom. The number of benzene rings is 1. The Labute approximate surface area is 132 Å². The molecule has 0 saturated carbocycles. The maximum Gasteiger partial charge on any atom is 0.221 e. The van der Waals surface area contributed by atoms with Crippen molar-refractivity contribution in [2.24, 2.45) is 0 Å². The molecule has 124 valence electrons. The number of nitrogens with one attached hydrogen (secondary N) is 1. The van der Waals surface area contributed by atoms with Crippen molar-refractivity contribution in [3.63, 3.8) is 0 Å². The van der Waals surface area contributed by atoms with Gasteiger partial charge >= 0.3 is 0 Å². The lowest BCUT2D eigenvalue weighted by atomic mass is 10.1. The molecule has 2 rings (SSSR count). The van der Waals surface area contributed by atoms with E-state index in [2.05, 4.69) is 4.72 Å². The number of rotatable bonds is 5. The van der Waals surface area contributed by atoms with Gasteiger partial charge in [0.25, 0.3) is 0 Å². The van der Waals surface area contributed by atoms with E-state index in [0.29, 0.717) is 0 Å². The molecular formula is C14H22N2O4S2. The molecule has 1 heterocycles. The highest BCUT2D eigenvalue weighted by Gasteiger charge is 2.40. The van der Waals surface area contributed by atoms with E-state index in [4.69, 9.17) is 0 Å². The molecule has 1 fully saturated rings. The zero-order chi connectivity index (χ0) is 16.7. The van der Waals surface area contributed by atoms with Gasteiger partial charge in [0.15, 0.2) is 0 Å². The van der Waals surface area contributed by atoms with Crippen LogP contribution in [0.5, 0.6) is 0 Å². The molecule has 22 heavy (non-hydrogen) atoms. The van der Waals surface area contributed by atoms with E-state index in [0.717, 1.165) is 22.9 Å². The molecule has 1 aliphatic rings. The third-order valence-electron chi connectivity index (χ3n) is 3.75. The summed E-state index contributed by atoms with van der Waals surface area (Å²) in [5, 5.41) is -0.648. The molecule has 0 radical (unpaired) electrons. The van der Waals surface area contributed by atoms with Crippen molar-refractivity contribution in [1.29, 1.82) is 0 Å². The largest absolute Gasteiger partial charge is 0.221 e. The minimum absolute atomic E-state index is 0.185. The first-order chi connectivity index (χ1) is 9.99. The van der Waals surface area contributed by atoms with Crippen molar-refractivity contribution in [2.45, 2.75) is 32.1 Å². The second-order valence-corrected chi connectivity index (χ2v) is 10.0. The van der Waals surface area contributed by atoms with Gasteiger partial charge in [-0.2, -0.15) is 4.31 Å². The highest BCUT2D eigenvalue weighted by molar-refractivity contribution is 7.89. The Balaban J connectivity index is 2.11. The topological polar surface area (TPSA) is 83.6 Å². The monoisotopic (exact) mass is 346 g/mol. The van der Waals surface area contributed by atoms with E-state index in [-0.39, 0.29) is 19.1 Å². The molecule has 1 aliphatic heterocycles. The molecule has 1 aromatic carbocycles. The standard InChI is InChI=1S/C14H22N2O4S2/c1-10-5-11(2)7-13(6-10)12(3)22(19,20)16-8-14(9-16)15-21(4,17)18/h5-7,12,14-15H,8-9H2,1-4H3. The van der Waals surface area contributed by atoms with E-state index in [1.54, 1.807) is 6.92 Å². The SMILES string of the molecule is Cc1cc(C)cc(C(C)S(=O)(=O)N2CC(NS(C)(=O)=O)C2)c1. The summed E-state index contributed by atoms with van der Waals surface area (Å²) < 4.78 is 51.2. The average Bonchev–Trinajstić information content (AvgIpc) is 2.29. The lowest BCUT2D eigenvalue weighted by Crippen LogP contribution is -2.61. The van der Waals surface area contributed by atoms with Gasteiger partial charge in [-0.1, -0.05) is 29.3 Å². The third kappa shape index (κ3) is 3.87. The van der Waals surface area contributed by atoms with E-state index < -0.39 is 25.3 Å². The normalized spacial score (nSPS) is 18.9. The zero-order valence-electron chi connectivity index (χ0n) is 13.2. The number of hydrogen-bond acceptors (Lipinski definition) is 4. The van der Waals surface area contributed by atoms with Gasteiger partial charge in [-0.15, -0.1) is 0 Å². The summed E-state index contributed by atoms with van der Waals surface area (Å²) in [4.78, 5) is 0. The van der Waals surface area contributed by atoms with Gasteiger partial charge in [-0.25, -0.2) is 21.6 Å². The number of hydrogen-bond donors (Lipinski definition) is 1. The van der Waals surface area contributed by atoms with Crippen LogP contribution in [-0.2, 0) is 20.0 Å². The summed E-state index contributed by atoms with van der Waals surface area (Å²) in [6.07, 6.45) is 1.07. The van der Waals surface area contributed by atoms with Crippen LogP contribution in [0.15, 0.2) is 18.2 Å². The van der Waals surface area contributed by atoms with Crippen LogP contribution < -0.4 is 4.72 Å². The van der Waals surface area contributed by atoms with Crippen molar-refractivity contribution in [2.75, 3.05) is 19.3 Å². The van der Waals surface area contributed by atoms with Crippen LogP contribution in [0.3, 0.4) is 0 Å². The molecule has 8 heteroatoms. The molecule has 0 aliphatic carbocycles. The van der Waals surface area contributed by atoms with Crippen LogP contribution in [0.25, 0.3) is 0 Å². The fraction of sp³-hybridized carbons (Fsp3) is 0.571. The Morgan fingerprint density at radius 2 is 1.59 bits per heavy atom. The maximum atomic E-state index is 12.6. The Hall–Kier alpha value is -0.960. The van der Waals surface area contributed by atoms with Crippen molar-refractivity contribution >= 4 is 20.0 Å². The van der Waals surface area contributed by atoms with E-state index >= 15 is 0 Å². The van der Waals surface area contributed by atoms with E-state index in [9.17, 15) is 16.8 Å². The number of sulfonamides is 2. The molecule has 1 aromatic rings. The van der Waals surface area contributed by atoms with Crippen LogP contribution in [0, 0.1) is 13.8 Å². The predicted octanol–water partition coefficient (Wildman–Crippen LogP) is 0.928. The van der Waals surface area contributed by atoms with Crippen molar-refractivity contribution in [3.8, 4) is 0 Å². The second-order valence-electron chi connectivity index (χ2n) is 6.01. The smallest absolute Gasteiger partial charge is 0.213 e. The van der Waals surface area contributed by atoms with Crippen LogP contribution in [0.1, 0.15) is 28.9 Å². The molecular weight excluding hydrogens is 324 g/mol. The average molecular weight is 346 g/mol. The summed E-state index contributed by atoms with van der Waals surface area (Å²) in [5.41, 5.74) is 2.81. The molecule has 1 saturated heterocycles. The molecule has 6 nitrogen and oxygen atoms in total. The quantitative estimate of drug-likeness (QED) is 0.860. The zero-order valence-corrected chi connectivity index (χ0v) is 14.8. The number of nitrogens with zero attached hydrogens (tertiary/aromatic N) is 1. The van der Waals surface area contributed by atoms with Crippen LogP contribution in [0.2, 0.25) is 0 Å².